The summed E-state index contributed by atoms with van der Waals surface area (Å²) < 4.78 is 5.13. The van der Waals surface area contributed by atoms with Gasteiger partial charge in [0.15, 0.2) is 5.76 Å². The molecule has 0 unspecified atom stereocenters. The molecular formula is C9H6Cl2N2O. The molecule has 0 radical (unpaired) electrons. The van der Waals surface area contributed by atoms with E-state index in [1.165, 1.54) is 6.20 Å². The lowest BCUT2D eigenvalue weighted by atomic mass is 10.2. The van der Waals surface area contributed by atoms with Gasteiger partial charge in [0.25, 0.3) is 6.01 Å². The van der Waals surface area contributed by atoms with E-state index in [2.05, 4.69) is 4.98 Å². The molecule has 2 aromatic rings. The Bertz CT molecular complexity index is 468. The number of nitrogens with zero attached hydrogens (tertiary/aromatic N) is 1. The Hall–Kier alpha value is -1.19. The van der Waals surface area contributed by atoms with Crippen molar-refractivity contribution in [3.05, 3.63) is 34.4 Å². The fourth-order valence-electron chi connectivity index (χ4n) is 1.07. The van der Waals surface area contributed by atoms with Crippen LogP contribution in [0, 0.1) is 0 Å². The molecule has 0 amide bonds. The number of oxazole rings is 1. The van der Waals surface area contributed by atoms with Crippen LogP contribution in [0.2, 0.25) is 10.0 Å². The number of benzene rings is 1. The summed E-state index contributed by atoms with van der Waals surface area (Å²) >= 11 is 11.6. The molecule has 5 heteroatoms. The number of hydrogen-bond acceptors (Lipinski definition) is 3. The molecule has 0 bridgehead atoms. The predicted octanol–water partition coefficient (Wildman–Crippen LogP) is 3.23. The largest absolute Gasteiger partial charge is 0.424 e. The first kappa shape index (κ1) is 9.37. The van der Waals surface area contributed by atoms with Gasteiger partial charge < -0.3 is 10.2 Å². The monoisotopic (exact) mass is 228 g/mol. The van der Waals surface area contributed by atoms with Crippen LogP contribution in [-0.2, 0) is 0 Å². The number of halogens is 2. The summed E-state index contributed by atoms with van der Waals surface area (Å²) in [7, 11) is 0. The number of hydrogen-bond donors (Lipinski definition) is 1. The number of aromatic nitrogens is 1. The van der Waals surface area contributed by atoms with Crippen molar-refractivity contribution in [3.63, 3.8) is 0 Å². The molecule has 0 saturated carbocycles. The molecule has 1 heterocycles. The van der Waals surface area contributed by atoms with Crippen molar-refractivity contribution in [3.8, 4) is 11.3 Å². The normalized spacial score (nSPS) is 10.4. The van der Waals surface area contributed by atoms with E-state index in [0.717, 1.165) is 5.56 Å². The molecule has 0 saturated heterocycles. The number of rotatable bonds is 1. The third-order valence-corrected chi connectivity index (χ3v) is 2.47. The molecule has 0 aliphatic heterocycles. The lowest BCUT2D eigenvalue weighted by Gasteiger charge is -1.98. The smallest absolute Gasteiger partial charge is 0.292 e. The van der Waals surface area contributed by atoms with Crippen molar-refractivity contribution in [2.75, 3.05) is 5.73 Å². The predicted molar refractivity (Wildman–Crippen MR) is 56.4 cm³/mol. The van der Waals surface area contributed by atoms with Gasteiger partial charge in [-0.2, -0.15) is 0 Å². The third kappa shape index (κ3) is 1.69. The zero-order valence-electron chi connectivity index (χ0n) is 7.00. The van der Waals surface area contributed by atoms with Gasteiger partial charge in [-0.3, -0.25) is 0 Å². The number of nitrogens with two attached hydrogens (primary N) is 1. The highest BCUT2D eigenvalue weighted by Crippen LogP contribution is 2.28. The molecule has 2 rings (SSSR count). The van der Waals surface area contributed by atoms with E-state index < -0.39 is 0 Å². The van der Waals surface area contributed by atoms with Crippen LogP contribution in [0.1, 0.15) is 0 Å². The van der Waals surface area contributed by atoms with Crippen LogP contribution >= 0.6 is 23.2 Å². The summed E-state index contributed by atoms with van der Waals surface area (Å²) in [6.45, 7) is 0. The summed E-state index contributed by atoms with van der Waals surface area (Å²) in [4.78, 5) is 3.78. The topological polar surface area (TPSA) is 52.0 Å². The minimum atomic E-state index is 0.131. The Kier molecular flexibility index (Phi) is 2.35. The fraction of sp³-hybridized carbons (Fsp3) is 0. The van der Waals surface area contributed by atoms with Crippen LogP contribution < -0.4 is 5.73 Å². The molecule has 3 nitrogen and oxygen atoms in total. The van der Waals surface area contributed by atoms with Crippen LogP contribution in [0.4, 0.5) is 6.01 Å². The van der Waals surface area contributed by atoms with Gasteiger partial charge in [0.1, 0.15) is 0 Å². The van der Waals surface area contributed by atoms with Gasteiger partial charge in [0, 0.05) is 5.56 Å². The van der Waals surface area contributed by atoms with E-state index >= 15 is 0 Å². The molecule has 0 spiro atoms. The highest BCUT2D eigenvalue weighted by atomic mass is 35.5. The van der Waals surface area contributed by atoms with Crippen molar-refractivity contribution >= 4 is 29.2 Å². The maximum Gasteiger partial charge on any atom is 0.292 e. The van der Waals surface area contributed by atoms with Crippen LogP contribution in [0.3, 0.4) is 0 Å². The lowest BCUT2D eigenvalue weighted by Crippen LogP contribution is -1.80. The summed E-state index contributed by atoms with van der Waals surface area (Å²) in [5.74, 6) is 0.570. The number of anilines is 1. The van der Waals surface area contributed by atoms with Gasteiger partial charge in [-0.15, -0.1) is 0 Å². The molecule has 0 atom stereocenters. The Morgan fingerprint density at radius 1 is 1.21 bits per heavy atom. The lowest BCUT2D eigenvalue weighted by molar-refractivity contribution is 0.595. The van der Waals surface area contributed by atoms with E-state index in [-0.39, 0.29) is 6.01 Å². The average molecular weight is 229 g/mol. The minimum absolute atomic E-state index is 0.131. The van der Waals surface area contributed by atoms with Gasteiger partial charge in [-0.1, -0.05) is 23.2 Å². The Morgan fingerprint density at radius 3 is 2.57 bits per heavy atom. The average Bonchev–Trinajstić information content (AvgIpc) is 2.57. The Morgan fingerprint density at radius 2 is 2.00 bits per heavy atom. The maximum absolute atomic E-state index is 5.85. The van der Waals surface area contributed by atoms with E-state index in [1.54, 1.807) is 18.2 Å². The molecule has 0 fully saturated rings. The zero-order chi connectivity index (χ0) is 10.1. The molecular weight excluding hydrogens is 223 g/mol. The van der Waals surface area contributed by atoms with Crippen LogP contribution in [-0.4, -0.2) is 4.98 Å². The first-order chi connectivity index (χ1) is 6.66. The van der Waals surface area contributed by atoms with Gasteiger partial charge >= 0.3 is 0 Å². The third-order valence-electron chi connectivity index (χ3n) is 1.73. The summed E-state index contributed by atoms with van der Waals surface area (Å²) in [5, 5.41) is 0.974. The zero-order valence-corrected chi connectivity index (χ0v) is 8.51. The van der Waals surface area contributed by atoms with Crippen LogP contribution in [0.15, 0.2) is 28.8 Å². The second-order valence-electron chi connectivity index (χ2n) is 2.69. The molecule has 2 N–H and O–H groups in total. The summed E-state index contributed by atoms with van der Waals surface area (Å²) in [6, 6.07) is 5.31. The standard InChI is InChI=1S/C9H6Cl2N2O/c10-6-2-1-5(3-7(6)11)8-4-13-9(12)14-8/h1-4H,(H2,12,13). The maximum atomic E-state index is 5.85. The van der Waals surface area contributed by atoms with E-state index in [1.807, 2.05) is 0 Å². The van der Waals surface area contributed by atoms with Gasteiger partial charge in [-0.05, 0) is 18.2 Å². The molecule has 1 aromatic carbocycles. The van der Waals surface area contributed by atoms with Crippen molar-refractivity contribution in [1.29, 1.82) is 0 Å². The van der Waals surface area contributed by atoms with E-state index in [0.29, 0.717) is 15.8 Å². The van der Waals surface area contributed by atoms with Gasteiger partial charge in [0.05, 0.1) is 16.2 Å². The van der Waals surface area contributed by atoms with Crippen molar-refractivity contribution in [2.24, 2.45) is 0 Å². The quantitative estimate of drug-likeness (QED) is 0.816. The van der Waals surface area contributed by atoms with Crippen LogP contribution in [0.5, 0.6) is 0 Å². The van der Waals surface area contributed by atoms with Crippen molar-refractivity contribution < 1.29 is 4.42 Å². The molecule has 0 aliphatic carbocycles. The first-order valence-electron chi connectivity index (χ1n) is 3.83. The fourth-order valence-corrected chi connectivity index (χ4v) is 1.37. The number of nitrogen functional groups attached to an aromatic ring is 1. The molecule has 0 aliphatic rings. The van der Waals surface area contributed by atoms with Crippen molar-refractivity contribution in [1.82, 2.24) is 4.98 Å². The van der Waals surface area contributed by atoms with Crippen LogP contribution in [0.25, 0.3) is 11.3 Å². The second-order valence-corrected chi connectivity index (χ2v) is 3.51. The summed E-state index contributed by atoms with van der Waals surface area (Å²) in [5.41, 5.74) is 6.14. The van der Waals surface area contributed by atoms with Crippen molar-refractivity contribution in [2.45, 2.75) is 0 Å². The highest BCUT2D eigenvalue weighted by molar-refractivity contribution is 6.42. The van der Waals surface area contributed by atoms with E-state index in [9.17, 15) is 0 Å². The molecule has 72 valence electrons. The first-order valence-corrected chi connectivity index (χ1v) is 4.59. The molecule has 14 heavy (non-hydrogen) atoms. The summed E-state index contributed by atoms with van der Waals surface area (Å²) in [6.07, 6.45) is 1.54. The minimum Gasteiger partial charge on any atom is -0.424 e. The molecule has 1 aromatic heterocycles. The van der Waals surface area contributed by atoms with Gasteiger partial charge in [0.2, 0.25) is 0 Å². The van der Waals surface area contributed by atoms with Gasteiger partial charge in [-0.25, -0.2) is 4.98 Å². The Balaban J connectivity index is 2.47. The van der Waals surface area contributed by atoms with E-state index in [4.69, 9.17) is 33.4 Å². The Labute approximate surface area is 90.4 Å². The SMILES string of the molecule is Nc1ncc(-c2ccc(Cl)c(Cl)c2)o1. The highest BCUT2D eigenvalue weighted by Gasteiger charge is 2.06. The second kappa shape index (κ2) is 3.52.